The van der Waals surface area contributed by atoms with Gasteiger partial charge in [-0.05, 0) is 37.5 Å². The number of ether oxygens (including phenoxy) is 1. The molecule has 2 heteroatoms. The first-order valence-electron chi connectivity index (χ1n) is 4.70. The summed E-state index contributed by atoms with van der Waals surface area (Å²) >= 11 is 0. The number of rotatable bonds is 3. The molecule has 1 atom stereocenters. The topological polar surface area (TPSA) is 29.5 Å². The van der Waals surface area contributed by atoms with Gasteiger partial charge < -0.3 is 9.84 Å². The van der Waals surface area contributed by atoms with E-state index >= 15 is 0 Å². The van der Waals surface area contributed by atoms with Crippen molar-refractivity contribution in [3.63, 3.8) is 0 Å². The minimum absolute atomic E-state index is 0.394. The van der Waals surface area contributed by atoms with E-state index < -0.39 is 6.10 Å². The number of hydrogen-bond donors (Lipinski definition) is 1. The van der Waals surface area contributed by atoms with Crippen molar-refractivity contribution >= 4 is 0 Å². The molecule has 2 rings (SSSR count). The zero-order valence-electron chi connectivity index (χ0n) is 7.73. The third-order valence-corrected chi connectivity index (χ3v) is 2.19. The number of aliphatic hydroxyl groups is 1. The molecule has 1 saturated carbocycles. The highest BCUT2D eigenvalue weighted by Crippen LogP contribution is 2.27. The van der Waals surface area contributed by atoms with E-state index in [9.17, 15) is 5.11 Å². The third-order valence-electron chi connectivity index (χ3n) is 2.19. The summed E-state index contributed by atoms with van der Waals surface area (Å²) in [6.45, 7) is 1.76. The summed E-state index contributed by atoms with van der Waals surface area (Å²) in [6.07, 6.45) is 2.41. The van der Waals surface area contributed by atoms with Gasteiger partial charge in [0.1, 0.15) is 5.75 Å². The summed E-state index contributed by atoms with van der Waals surface area (Å²) < 4.78 is 5.58. The lowest BCUT2D eigenvalue weighted by Crippen LogP contribution is -1.96. The highest BCUT2D eigenvalue weighted by Gasteiger charge is 2.23. The minimum Gasteiger partial charge on any atom is -0.490 e. The van der Waals surface area contributed by atoms with Gasteiger partial charge in [-0.3, -0.25) is 0 Å². The Hall–Kier alpha value is -1.02. The van der Waals surface area contributed by atoms with Crippen molar-refractivity contribution in [2.45, 2.75) is 32.0 Å². The molecule has 0 saturated heterocycles. The van der Waals surface area contributed by atoms with Crippen LogP contribution in [0.15, 0.2) is 24.3 Å². The maximum Gasteiger partial charge on any atom is 0.119 e. The van der Waals surface area contributed by atoms with E-state index in [1.54, 1.807) is 6.92 Å². The normalized spacial score (nSPS) is 18.3. The Morgan fingerprint density at radius 1 is 1.31 bits per heavy atom. The molecule has 1 aliphatic rings. The van der Waals surface area contributed by atoms with Gasteiger partial charge >= 0.3 is 0 Å². The van der Waals surface area contributed by atoms with Gasteiger partial charge in [0.15, 0.2) is 0 Å². The second-order valence-corrected chi connectivity index (χ2v) is 3.56. The third kappa shape index (κ3) is 2.22. The summed E-state index contributed by atoms with van der Waals surface area (Å²) in [4.78, 5) is 0. The molecule has 0 spiro atoms. The number of hydrogen-bond acceptors (Lipinski definition) is 2. The summed E-state index contributed by atoms with van der Waals surface area (Å²) in [7, 11) is 0. The van der Waals surface area contributed by atoms with Crippen LogP contribution in [0, 0.1) is 0 Å². The van der Waals surface area contributed by atoms with Crippen LogP contribution in [-0.2, 0) is 0 Å². The smallest absolute Gasteiger partial charge is 0.119 e. The van der Waals surface area contributed by atoms with Crippen molar-refractivity contribution in [2.24, 2.45) is 0 Å². The molecule has 13 heavy (non-hydrogen) atoms. The number of aliphatic hydroxyl groups excluding tert-OH is 1. The van der Waals surface area contributed by atoms with Crippen molar-refractivity contribution in [2.75, 3.05) is 0 Å². The van der Waals surface area contributed by atoms with Gasteiger partial charge in [0.2, 0.25) is 0 Å². The van der Waals surface area contributed by atoms with Gasteiger partial charge in [0.25, 0.3) is 0 Å². The Morgan fingerprint density at radius 2 is 1.92 bits per heavy atom. The first-order chi connectivity index (χ1) is 6.25. The summed E-state index contributed by atoms with van der Waals surface area (Å²) in [6, 6.07) is 7.64. The molecule has 1 aliphatic carbocycles. The highest BCUT2D eigenvalue weighted by molar-refractivity contribution is 5.28. The van der Waals surface area contributed by atoms with Crippen molar-refractivity contribution in [3.8, 4) is 5.75 Å². The molecular weight excluding hydrogens is 164 g/mol. The van der Waals surface area contributed by atoms with E-state index in [1.165, 1.54) is 12.8 Å². The van der Waals surface area contributed by atoms with Crippen LogP contribution >= 0.6 is 0 Å². The molecular formula is C11H14O2. The molecule has 1 aromatic rings. The second-order valence-electron chi connectivity index (χ2n) is 3.56. The molecule has 0 radical (unpaired) electrons. The first kappa shape index (κ1) is 8.57. The van der Waals surface area contributed by atoms with Gasteiger partial charge in [-0.25, -0.2) is 0 Å². The molecule has 1 N–H and O–H groups in total. The Balaban J connectivity index is 2.04. The van der Waals surface area contributed by atoms with Gasteiger partial charge in [-0.1, -0.05) is 12.1 Å². The lowest BCUT2D eigenvalue weighted by atomic mass is 10.1. The zero-order valence-corrected chi connectivity index (χ0v) is 7.73. The SMILES string of the molecule is CC(O)c1ccc(OC2CC2)cc1. The monoisotopic (exact) mass is 178 g/mol. The molecule has 0 heterocycles. The molecule has 70 valence electrons. The van der Waals surface area contributed by atoms with Crippen molar-refractivity contribution in [1.29, 1.82) is 0 Å². The average molecular weight is 178 g/mol. The van der Waals surface area contributed by atoms with Crippen LogP contribution in [0.5, 0.6) is 5.75 Å². The van der Waals surface area contributed by atoms with Crippen LogP contribution in [0.4, 0.5) is 0 Å². The van der Waals surface area contributed by atoms with Crippen molar-refractivity contribution < 1.29 is 9.84 Å². The molecule has 0 amide bonds. The quantitative estimate of drug-likeness (QED) is 0.769. The maximum atomic E-state index is 9.27. The van der Waals surface area contributed by atoms with E-state index in [-0.39, 0.29) is 0 Å². The Bertz CT molecular complexity index is 273. The maximum absolute atomic E-state index is 9.27. The minimum atomic E-state index is -0.394. The van der Waals surface area contributed by atoms with Gasteiger partial charge in [0.05, 0.1) is 12.2 Å². The predicted octanol–water partition coefficient (Wildman–Crippen LogP) is 2.28. The van der Waals surface area contributed by atoms with Gasteiger partial charge in [0, 0.05) is 0 Å². The zero-order chi connectivity index (χ0) is 9.26. The van der Waals surface area contributed by atoms with Crippen LogP contribution in [0.25, 0.3) is 0 Å². The Labute approximate surface area is 78.2 Å². The molecule has 1 unspecified atom stereocenters. The van der Waals surface area contributed by atoms with Crippen LogP contribution in [0.2, 0.25) is 0 Å². The molecule has 2 nitrogen and oxygen atoms in total. The lowest BCUT2D eigenvalue weighted by molar-refractivity contribution is 0.199. The van der Waals surface area contributed by atoms with E-state index in [0.29, 0.717) is 6.10 Å². The number of benzene rings is 1. The molecule has 0 aliphatic heterocycles. The molecule has 0 aromatic heterocycles. The lowest BCUT2D eigenvalue weighted by Gasteiger charge is -2.07. The Morgan fingerprint density at radius 3 is 2.38 bits per heavy atom. The largest absolute Gasteiger partial charge is 0.490 e. The standard InChI is InChI=1S/C11H14O2/c1-8(12)9-2-4-10(5-3-9)13-11-6-7-11/h2-5,8,11-12H,6-7H2,1H3. The predicted molar refractivity (Wildman–Crippen MR) is 50.7 cm³/mol. The van der Waals surface area contributed by atoms with E-state index in [1.807, 2.05) is 24.3 Å². The summed E-state index contributed by atoms with van der Waals surface area (Å²) in [5.41, 5.74) is 0.933. The fourth-order valence-corrected chi connectivity index (χ4v) is 1.20. The van der Waals surface area contributed by atoms with E-state index in [2.05, 4.69) is 0 Å². The Kier molecular flexibility index (Phi) is 2.23. The van der Waals surface area contributed by atoms with Gasteiger partial charge in [-0.15, -0.1) is 0 Å². The van der Waals surface area contributed by atoms with Gasteiger partial charge in [-0.2, -0.15) is 0 Å². The molecule has 0 bridgehead atoms. The summed E-state index contributed by atoms with van der Waals surface area (Å²) in [5, 5.41) is 9.27. The van der Waals surface area contributed by atoms with Crippen molar-refractivity contribution in [1.82, 2.24) is 0 Å². The molecule has 1 aromatic carbocycles. The highest BCUT2D eigenvalue weighted by atomic mass is 16.5. The molecule has 1 fully saturated rings. The fourth-order valence-electron chi connectivity index (χ4n) is 1.20. The van der Waals surface area contributed by atoms with Crippen LogP contribution in [0.1, 0.15) is 31.4 Å². The fraction of sp³-hybridized carbons (Fsp3) is 0.455. The van der Waals surface area contributed by atoms with Crippen molar-refractivity contribution in [3.05, 3.63) is 29.8 Å². The first-order valence-corrected chi connectivity index (χ1v) is 4.70. The second kappa shape index (κ2) is 3.38. The van der Waals surface area contributed by atoms with Crippen LogP contribution < -0.4 is 4.74 Å². The average Bonchev–Trinajstić information content (AvgIpc) is 2.89. The van der Waals surface area contributed by atoms with Crippen LogP contribution in [-0.4, -0.2) is 11.2 Å². The van der Waals surface area contributed by atoms with E-state index in [0.717, 1.165) is 11.3 Å². The van der Waals surface area contributed by atoms with E-state index in [4.69, 9.17) is 4.74 Å². The van der Waals surface area contributed by atoms with Crippen LogP contribution in [0.3, 0.4) is 0 Å². The summed E-state index contributed by atoms with van der Waals surface area (Å²) in [5.74, 6) is 0.909.